The summed E-state index contributed by atoms with van der Waals surface area (Å²) in [6, 6.07) is 8.67. The van der Waals surface area contributed by atoms with Gasteiger partial charge in [-0.3, -0.25) is 4.90 Å². The van der Waals surface area contributed by atoms with Crippen molar-refractivity contribution >= 4 is 5.69 Å². The predicted molar refractivity (Wildman–Crippen MR) is 76.2 cm³/mol. The van der Waals surface area contributed by atoms with E-state index in [1.54, 1.807) is 0 Å². The van der Waals surface area contributed by atoms with Crippen molar-refractivity contribution in [2.75, 3.05) is 38.1 Å². The zero-order chi connectivity index (χ0) is 12.8. The van der Waals surface area contributed by atoms with E-state index in [2.05, 4.69) is 48.3 Å². The molecule has 0 saturated carbocycles. The summed E-state index contributed by atoms with van der Waals surface area (Å²) >= 11 is 0. The van der Waals surface area contributed by atoms with Crippen LogP contribution in [0.2, 0.25) is 0 Å². The number of benzene rings is 1. The zero-order valence-corrected chi connectivity index (χ0v) is 11.5. The van der Waals surface area contributed by atoms with Crippen LogP contribution in [0.4, 0.5) is 5.69 Å². The monoisotopic (exact) mass is 248 g/mol. The average molecular weight is 248 g/mol. The number of morpholine rings is 1. The van der Waals surface area contributed by atoms with E-state index in [1.165, 1.54) is 11.3 Å². The Hall–Kier alpha value is -1.06. The van der Waals surface area contributed by atoms with Crippen molar-refractivity contribution in [3.63, 3.8) is 0 Å². The van der Waals surface area contributed by atoms with E-state index >= 15 is 0 Å². The van der Waals surface area contributed by atoms with Crippen LogP contribution in [0.25, 0.3) is 0 Å². The molecule has 3 heteroatoms. The van der Waals surface area contributed by atoms with Crippen LogP contribution < -0.4 is 5.32 Å². The number of nitrogens with one attached hydrogen (secondary N) is 1. The highest BCUT2D eigenvalue weighted by Gasteiger charge is 2.18. The van der Waals surface area contributed by atoms with Gasteiger partial charge in [0.1, 0.15) is 0 Å². The second kappa shape index (κ2) is 6.76. The number of rotatable bonds is 5. The van der Waals surface area contributed by atoms with Crippen LogP contribution in [0.15, 0.2) is 24.3 Å². The summed E-state index contributed by atoms with van der Waals surface area (Å²) < 4.78 is 5.77. The smallest absolute Gasteiger partial charge is 0.0874 e. The molecule has 2 rings (SSSR count). The third-order valence-electron chi connectivity index (χ3n) is 3.57. The van der Waals surface area contributed by atoms with Crippen molar-refractivity contribution in [1.29, 1.82) is 0 Å². The Bertz CT molecular complexity index is 350. The van der Waals surface area contributed by atoms with Crippen molar-refractivity contribution in [1.82, 2.24) is 4.90 Å². The molecular weight excluding hydrogens is 224 g/mol. The largest absolute Gasteiger partial charge is 0.382 e. The van der Waals surface area contributed by atoms with Gasteiger partial charge in [0, 0.05) is 25.3 Å². The molecule has 0 aromatic heterocycles. The van der Waals surface area contributed by atoms with Crippen molar-refractivity contribution < 1.29 is 4.74 Å². The highest BCUT2D eigenvalue weighted by molar-refractivity contribution is 5.44. The average Bonchev–Trinajstić information content (AvgIpc) is 2.46. The number of hydrogen-bond donors (Lipinski definition) is 1. The maximum atomic E-state index is 5.77. The first-order chi connectivity index (χ1) is 8.81. The van der Waals surface area contributed by atoms with Gasteiger partial charge in [-0.05, 0) is 30.7 Å². The van der Waals surface area contributed by atoms with E-state index in [0.29, 0.717) is 6.10 Å². The fourth-order valence-corrected chi connectivity index (χ4v) is 2.28. The van der Waals surface area contributed by atoms with E-state index < -0.39 is 0 Å². The van der Waals surface area contributed by atoms with Gasteiger partial charge in [0.05, 0.1) is 12.7 Å². The zero-order valence-electron chi connectivity index (χ0n) is 11.5. The summed E-state index contributed by atoms with van der Waals surface area (Å²) in [5, 5.41) is 3.46. The van der Waals surface area contributed by atoms with Gasteiger partial charge in [0.15, 0.2) is 0 Å². The van der Waals surface area contributed by atoms with E-state index in [4.69, 9.17) is 4.74 Å². The van der Waals surface area contributed by atoms with Crippen LogP contribution in [0.5, 0.6) is 0 Å². The minimum absolute atomic E-state index is 0.310. The normalized spacial score (nSPS) is 20.9. The number of ether oxygens (including phenoxy) is 1. The molecule has 1 aromatic rings. The molecule has 1 atom stereocenters. The topological polar surface area (TPSA) is 24.5 Å². The predicted octanol–water partition coefficient (Wildman–Crippen LogP) is 2.38. The lowest BCUT2D eigenvalue weighted by Crippen LogP contribution is -2.45. The molecule has 1 unspecified atom stereocenters. The number of hydrogen-bond acceptors (Lipinski definition) is 3. The fourth-order valence-electron chi connectivity index (χ4n) is 2.28. The van der Waals surface area contributed by atoms with Crippen LogP contribution in [0.1, 0.15) is 19.4 Å². The highest BCUT2D eigenvalue weighted by Crippen LogP contribution is 2.11. The third kappa shape index (κ3) is 3.72. The van der Waals surface area contributed by atoms with Gasteiger partial charge in [-0.25, -0.2) is 0 Å². The summed E-state index contributed by atoms with van der Waals surface area (Å²) in [5.41, 5.74) is 2.57. The molecule has 1 heterocycles. The molecule has 100 valence electrons. The van der Waals surface area contributed by atoms with Crippen LogP contribution >= 0.6 is 0 Å². The molecule has 0 amide bonds. The lowest BCUT2D eigenvalue weighted by molar-refractivity contribution is -0.0191. The molecule has 18 heavy (non-hydrogen) atoms. The summed E-state index contributed by atoms with van der Waals surface area (Å²) in [6.07, 6.45) is 1.40. The molecular formula is C15H24N2O. The molecule has 1 saturated heterocycles. The van der Waals surface area contributed by atoms with Crippen LogP contribution in [0, 0.1) is 0 Å². The Kier molecular flexibility index (Phi) is 5.02. The van der Waals surface area contributed by atoms with Crippen molar-refractivity contribution in [2.24, 2.45) is 0 Å². The molecule has 1 aliphatic rings. The summed E-state index contributed by atoms with van der Waals surface area (Å²) in [6.45, 7) is 9.35. The quantitative estimate of drug-likeness (QED) is 0.866. The van der Waals surface area contributed by atoms with E-state index in [0.717, 1.165) is 39.2 Å². The van der Waals surface area contributed by atoms with E-state index in [1.807, 2.05) is 0 Å². The highest BCUT2D eigenvalue weighted by atomic mass is 16.5. The maximum Gasteiger partial charge on any atom is 0.0874 e. The molecule has 0 spiro atoms. The van der Waals surface area contributed by atoms with Gasteiger partial charge in [-0.15, -0.1) is 0 Å². The summed E-state index contributed by atoms with van der Waals surface area (Å²) in [4.78, 5) is 2.44. The molecule has 1 aromatic carbocycles. The maximum absolute atomic E-state index is 5.77. The summed E-state index contributed by atoms with van der Waals surface area (Å²) in [5.74, 6) is 0. The SMILES string of the molecule is CCc1ccc(NCC2CN(CC)CCO2)cc1. The van der Waals surface area contributed by atoms with Gasteiger partial charge in [0.25, 0.3) is 0 Å². The van der Waals surface area contributed by atoms with Crippen molar-refractivity contribution in [3.8, 4) is 0 Å². The Labute approximate surface area is 110 Å². The Balaban J connectivity index is 1.79. The van der Waals surface area contributed by atoms with Crippen LogP contribution in [0.3, 0.4) is 0 Å². The molecule has 1 aliphatic heterocycles. The fraction of sp³-hybridized carbons (Fsp3) is 0.600. The van der Waals surface area contributed by atoms with Crippen LogP contribution in [-0.2, 0) is 11.2 Å². The Morgan fingerprint density at radius 3 is 2.72 bits per heavy atom. The van der Waals surface area contributed by atoms with Gasteiger partial charge in [0.2, 0.25) is 0 Å². The van der Waals surface area contributed by atoms with Gasteiger partial charge in [-0.1, -0.05) is 26.0 Å². The first-order valence-electron chi connectivity index (χ1n) is 6.98. The molecule has 1 fully saturated rings. The Morgan fingerprint density at radius 1 is 1.28 bits per heavy atom. The molecule has 3 nitrogen and oxygen atoms in total. The molecule has 1 N–H and O–H groups in total. The minimum Gasteiger partial charge on any atom is -0.382 e. The first kappa shape index (κ1) is 13.4. The van der Waals surface area contributed by atoms with Gasteiger partial charge < -0.3 is 10.1 Å². The van der Waals surface area contributed by atoms with Crippen molar-refractivity contribution in [3.05, 3.63) is 29.8 Å². The van der Waals surface area contributed by atoms with Gasteiger partial charge in [-0.2, -0.15) is 0 Å². The minimum atomic E-state index is 0.310. The molecule has 0 bridgehead atoms. The van der Waals surface area contributed by atoms with E-state index in [9.17, 15) is 0 Å². The molecule has 0 radical (unpaired) electrons. The van der Waals surface area contributed by atoms with E-state index in [-0.39, 0.29) is 0 Å². The Morgan fingerprint density at radius 2 is 2.06 bits per heavy atom. The summed E-state index contributed by atoms with van der Waals surface area (Å²) in [7, 11) is 0. The van der Waals surface area contributed by atoms with Crippen LogP contribution in [-0.4, -0.2) is 43.8 Å². The van der Waals surface area contributed by atoms with Crippen molar-refractivity contribution in [2.45, 2.75) is 26.4 Å². The van der Waals surface area contributed by atoms with Gasteiger partial charge >= 0.3 is 0 Å². The third-order valence-corrected chi connectivity index (χ3v) is 3.57. The number of anilines is 1. The number of likely N-dealkylation sites (N-methyl/N-ethyl adjacent to an activating group) is 1. The lowest BCUT2D eigenvalue weighted by atomic mass is 10.1. The molecule has 0 aliphatic carbocycles. The lowest BCUT2D eigenvalue weighted by Gasteiger charge is -2.32. The first-order valence-corrected chi connectivity index (χ1v) is 6.98. The standard InChI is InChI=1S/C15H24N2O/c1-3-13-5-7-14(8-6-13)16-11-15-12-17(4-2)9-10-18-15/h5-8,15-16H,3-4,9-12H2,1-2H3. The number of nitrogens with zero attached hydrogens (tertiary/aromatic N) is 1. The number of aryl methyl sites for hydroxylation is 1. The second-order valence-electron chi connectivity index (χ2n) is 4.82. The second-order valence-corrected chi connectivity index (χ2v) is 4.82.